The summed E-state index contributed by atoms with van der Waals surface area (Å²) in [5.74, 6) is 0. The first-order valence-electron chi connectivity index (χ1n) is 4.78. The van der Waals surface area contributed by atoms with Crippen molar-refractivity contribution < 1.29 is 0 Å². The Morgan fingerprint density at radius 3 is 2.53 bits per heavy atom. The average molecular weight is 203 g/mol. The maximum absolute atomic E-state index is 11.4. The SMILES string of the molecule is Cc1ccc(-n2cc(CN)c(=O)[nH]2)cc1. The monoisotopic (exact) mass is 203 g/mol. The van der Waals surface area contributed by atoms with Crippen LogP contribution in [0.4, 0.5) is 0 Å². The molecule has 0 fully saturated rings. The number of aromatic nitrogens is 2. The third-order valence-electron chi connectivity index (χ3n) is 2.33. The van der Waals surface area contributed by atoms with Crippen molar-refractivity contribution in [1.29, 1.82) is 0 Å². The molecule has 1 aromatic heterocycles. The fourth-order valence-electron chi connectivity index (χ4n) is 1.42. The van der Waals surface area contributed by atoms with Crippen molar-refractivity contribution in [3.05, 3.63) is 51.9 Å². The van der Waals surface area contributed by atoms with Gasteiger partial charge in [0.1, 0.15) is 0 Å². The number of nitrogens with one attached hydrogen (secondary N) is 1. The van der Waals surface area contributed by atoms with Crippen LogP contribution in [0, 0.1) is 6.92 Å². The first kappa shape index (κ1) is 9.73. The Bertz CT molecular complexity index is 507. The zero-order chi connectivity index (χ0) is 10.8. The van der Waals surface area contributed by atoms with E-state index in [-0.39, 0.29) is 12.1 Å². The van der Waals surface area contributed by atoms with Crippen molar-refractivity contribution in [2.24, 2.45) is 5.73 Å². The van der Waals surface area contributed by atoms with Gasteiger partial charge in [0.25, 0.3) is 5.56 Å². The summed E-state index contributed by atoms with van der Waals surface area (Å²) >= 11 is 0. The normalized spacial score (nSPS) is 10.5. The Kier molecular flexibility index (Phi) is 2.43. The Morgan fingerprint density at radius 2 is 2.00 bits per heavy atom. The highest BCUT2D eigenvalue weighted by molar-refractivity contribution is 5.33. The van der Waals surface area contributed by atoms with Crippen LogP contribution in [0.15, 0.2) is 35.3 Å². The van der Waals surface area contributed by atoms with Gasteiger partial charge in [0.05, 0.1) is 11.3 Å². The largest absolute Gasteiger partial charge is 0.326 e. The quantitative estimate of drug-likeness (QED) is 0.762. The molecule has 15 heavy (non-hydrogen) atoms. The first-order valence-corrected chi connectivity index (χ1v) is 4.78. The lowest BCUT2D eigenvalue weighted by Crippen LogP contribution is -2.10. The molecule has 4 nitrogen and oxygen atoms in total. The second-order valence-corrected chi connectivity index (χ2v) is 3.50. The fraction of sp³-hybridized carbons (Fsp3) is 0.182. The van der Waals surface area contributed by atoms with E-state index >= 15 is 0 Å². The van der Waals surface area contributed by atoms with Crippen LogP contribution in [-0.2, 0) is 6.54 Å². The van der Waals surface area contributed by atoms with E-state index in [1.807, 2.05) is 31.2 Å². The molecule has 0 aliphatic heterocycles. The van der Waals surface area contributed by atoms with Gasteiger partial charge < -0.3 is 5.73 Å². The lowest BCUT2D eigenvalue weighted by molar-refractivity contribution is 0.863. The zero-order valence-corrected chi connectivity index (χ0v) is 8.53. The molecule has 3 N–H and O–H groups in total. The summed E-state index contributed by atoms with van der Waals surface area (Å²) in [5.41, 5.74) is 8.01. The molecule has 1 aromatic carbocycles. The smallest absolute Gasteiger partial charge is 0.268 e. The number of aromatic amines is 1. The highest BCUT2D eigenvalue weighted by atomic mass is 16.1. The van der Waals surface area contributed by atoms with E-state index in [9.17, 15) is 4.79 Å². The summed E-state index contributed by atoms with van der Waals surface area (Å²) in [4.78, 5) is 11.4. The third kappa shape index (κ3) is 1.85. The number of hydrogen-bond donors (Lipinski definition) is 2. The van der Waals surface area contributed by atoms with Gasteiger partial charge in [-0.25, -0.2) is 0 Å². The predicted molar refractivity (Wildman–Crippen MR) is 59.0 cm³/mol. The number of nitrogens with zero attached hydrogens (tertiary/aromatic N) is 1. The average Bonchev–Trinajstić information content (AvgIpc) is 2.61. The maximum atomic E-state index is 11.4. The van der Waals surface area contributed by atoms with E-state index < -0.39 is 0 Å². The number of aryl methyl sites for hydroxylation is 1. The van der Waals surface area contributed by atoms with Crippen LogP contribution in [-0.4, -0.2) is 9.78 Å². The molecule has 2 rings (SSSR count). The van der Waals surface area contributed by atoms with E-state index in [1.54, 1.807) is 10.9 Å². The van der Waals surface area contributed by atoms with E-state index in [1.165, 1.54) is 5.56 Å². The van der Waals surface area contributed by atoms with Gasteiger partial charge in [0.15, 0.2) is 0 Å². The molecule has 0 radical (unpaired) electrons. The fourth-order valence-corrected chi connectivity index (χ4v) is 1.42. The molecule has 0 spiro atoms. The van der Waals surface area contributed by atoms with E-state index in [0.29, 0.717) is 5.56 Å². The second-order valence-electron chi connectivity index (χ2n) is 3.50. The minimum atomic E-state index is -0.127. The van der Waals surface area contributed by atoms with Crippen molar-refractivity contribution >= 4 is 0 Å². The van der Waals surface area contributed by atoms with Crippen molar-refractivity contribution in [2.75, 3.05) is 0 Å². The van der Waals surface area contributed by atoms with E-state index in [2.05, 4.69) is 5.10 Å². The molecule has 0 atom stereocenters. The molecule has 1 heterocycles. The topological polar surface area (TPSA) is 63.8 Å². The molecular weight excluding hydrogens is 190 g/mol. The number of rotatable bonds is 2. The third-order valence-corrected chi connectivity index (χ3v) is 2.33. The maximum Gasteiger partial charge on any atom is 0.268 e. The lowest BCUT2D eigenvalue weighted by atomic mass is 10.2. The number of nitrogens with two attached hydrogens (primary N) is 1. The van der Waals surface area contributed by atoms with Crippen LogP contribution >= 0.6 is 0 Å². The number of H-pyrrole nitrogens is 1. The van der Waals surface area contributed by atoms with Crippen molar-refractivity contribution in [3.8, 4) is 5.69 Å². The van der Waals surface area contributed by atoms with Crippen LogP contribution in [0.1, 0.15) is 11.1 Å². The minimum Gasteiger partial charge on any atom is -0.326 e. The molecule has 0 saturated heterocycles. The molecular formula is C11H13N3O. The number of benzene rings is 1. The van der Waals surface area contributed by atoms with Crippen LogP contribution < -0.4 is 11.3 Å². The Balaban J connectivity index is 2.45. The summed E-state index contributed by atoms with van der Waals surface area (Å²) in [7, 11) is 0. The second kappa shape index (κ2) is 3.74. The molecule has 2 aromatic rings. The lowest BCUT2D eigenvalue weighted by Gasteiger charge is -2.01. The highest BCUT2D eigenvalue weighted by Gasteiger charge is 2.02. The predicted octanol–water partition coefficient (Wildman–Crippen LogP) is 0.933. The standard InChI is InChI=1S/C11H13N3O/c1-8-2-4-10(5-3-8)14-7-9(6-12)11(15)13-14/h2-5,7H,6,12H2,1H3,(H,13,15). The number of hydrogen-bond acceptors (Lipinski definition) is 2. The molecule has 0 amide bonds. The summed E-state index contributed by atoms with van der Waals surface area (Å²) < 4.78 is 1.68. The molecule has 0 aliphatic carbocycles. The van der Waals surface area contributed by atoms with E-state index in [0.717, 1.165) is 5.69 Å². The zero-order valence-electron chi connectivity index (χ0n) is 8.53. The van der Waals surface area contributed by atoms with Gasteiger partial charge >= 0.3 is 0 Å². The molecule has 0 bridgehead atoms. The summed E-state index contributed by atoms with van der Waals surface area (Å²) in [6.45, 7) is 2.28. The van der Waals surface area contributed by atoms with Gasteiger partial charge in [-0.05, 0) is 19.1 Å². The highest BCUT2D eigenvalue weighted by Crippen LogP contribution is 2.07. The van der Waals surface area contributed by atoms with Gasteiger partial charge in [0.2, 0.25) is 0 Å². The molecule has 0 aliphatic rings. The Morgan fingerprint density at radius 1 is 1.33 bits per heavy atom. The van der Waals surface area contributed by atoms with Gasteiger partial charge in [-0.3, -0.25) is 14.6 Å². The van der Waals surface area contributed by atoms with Crippen LogP contribution in [0.3, 0.4) is 0 Å². The molecule has 4 heteroatoms. The van der Waals surface area contributed by atoms with Gasteiger partial charge in [-0.15, -0.1) is 0 Å². The Hall–Kier alpha value is -1.81. The summed E-state index contributed by atoms with van der Waals surface area (Å²) in [6, 6.07) is 7.89. The van der Waals surface area contributed by atoms with Crippen molar-refractivity contribution in [1.82, 2.24) is 9.78 Å². The van der Waals surface area contributed by atoms with Crippen LogP contribution in [0.2, 0.25) is 0 Å². The molecule has 0 unspecified atom stereocenters. The van der Waals surface area contributed by atoms with Crippen molar-refractivity contribution in [3.63, 3.8) is 0 Å². The first-order chi connectivity index (χ1) is 7.20. The Labute approximate surface area is 87.3 Å². The molecule has 78 valence electrons. The molecule has 0 saturated carbocycles. The van der Waals surface area contributed by atoms with Gasteiger partial charge in [-0.1, -0.05) is 17.7 Å². The van der Waals surface area contributed by atoms with E-state index in [4.69, 9.17) is 5.73 Å². The van der Waals surface area contributed by atoms with Gasteiger partial charge in [-0.2, -0.15) is 0 Å². The summed E-state index contributed by atoms with van der Waals surface area (Å²) in [6.07, 6.45) is 1.73. The van der Waals surface area contributed by atoms with Crippen LogP contribution in [0.25, 0.3) is 5.69 Å². The van der Waals surface area contributed by atoms with Gasteiger partial charge in [0, 0.05) is 12.7 Å². The van der Waals surface area contributed by atoms with Crippen LogP contribution in [0.5, 0.6) is 0 Å². The van der Waals surface area contributed by atoms with Crippen molar-refractivity contribution in [2.45, 2.75) is 13.5 Å². The minimum absolute atomic E-state index is 0.127. The summed E-state index contributed by atoms with van der Waals surface area (Å²) in [5, 5.41) is 2.71.